The highest BCUT2D eigenvalue weighted by Crippen LogP contribution is 2.42. The summed E-state index contributed by atoms with van der Waals surface area (Å²) in [7, 11) is 0. The van der Waals surface area contributed by atoms with E-state index in [0.29, 0.717) is 25.6 Å². The maximum Gasteiger partial charge on any atom is 0.389 e. The zero-order valence-corrected chi connectivity index (χ0v) is 13.0. The molecule has 1 aliphatic heterocycles. The molecule has 1 aliphatic carbocycles. The molecule has 0 unspecified atom stereocenters. The Morgan fingerprint density at radius 2 is 1.52 bits per heavy atom. The second-order valence-corrected chi connectivity index (χ2v) is 6.51. The molecule has 0 atom stereocenters. The first-order valence-electron chi connectivity index (χ1n) is 7.99. The predicted molar refractivity (Wildman–Crippen MR) is 74.8 cm³/mol. The lowest BCUT2D eigenvalue weighted by molar-refractivity contribution is -0.182. The van der Waals surface area contributed by atoms with E-state index in [0.717, 1.165) is 25.7 Å². The fourth-order valence-corrected chi connectivity index (χ4v) is 3.37. The van der Waals surface area contributed by atoms with Crippen LogP contribution in [0.5, 0.6) is 0 Å². The molecule has 4 nitrogen and oxygen atoms in total. The minimum Gasteiger partial charge on any atom is -0.348 e. The first-order chi connectivity index (χ1) is 10.8. The Morgan fingerprint density at radius 1 is 0.957 bits per heavy atom. The van der Waals surface area contributed by atoms with Crippen molar-refractivity contribution in [2.24, 2.45) is 11.3 Å². The van der Waals surface area contributed by atoms with Crippen molar-refractivity contribution in [1.29, 1.82) is 10.5 Å². The van der Waals surface area contributed by atoms with Crippen LogP contribution >= 0.6 is 0 Å². The number of halogens is 3. The SMILES string of the molecule is N#CC(C#N)(CCC1CCC2(CC1)OCCO2)CCC(F)(F)F. The molecule has 1 spiro atoms. The van der Waals surface area contributed by atoms with Crippen molar-refractivity contribution in [3.8, 4) is 12.1 Å². The van der Waals surface area contributed by atoms with E-state index in [1.807, 2.05) is 12.1 Å². The van der Waals surface area contributed by atoms with Crippen molar-refractivity contribution in [3.63, 3.8) is 0 Å². The molecule has 0 amide bonds. The number of hydrogen-bond acceptors (Lipinski definition) is 4. The third-order valence-corrected chi connectivity index (χ3v) is 4.92. The molecule has 0 aromatic carbocycles. The average Bonchev–Trinajstić information content (AvgIpc) is 2.97. The topological polar surface area (TPSA) is 66.0 Å². The minimum absolute atomic E-state index is 0.190. The second kappa shape index (κ2) is 7.07. The first-order valence-corrected chi connectivity index (χ1v) is 7.99. The number of alkyl halides is 3. The van der Waals surface area contributed by atoms with Crippen molar-refractivity contribution in [2.75, 3.05) is 13.2 Å². The van der Waals surface area contributed by atoms with Gasteiger partial charge in [-0.25, -0.2) is 0 Å². The van der Waals surface area contributed by atoms with E-state index in [4.69, 9.17) is 9.47 Å². The molecule has 2 rings (SSSR count). The maximum atomic E-state index is 12.4. The summed E-state index contributed by atoms with van der Waals surface area (Å²) in [5.74, 6) is -0.158. The molecule has 0 aromatic rings. The molecule has 23 heavy (non-hydrogen) atoms. The van der Waals surface area contributed by atoms with Crippen molar-refractivity contribution in [3.05, 3.63) is 0 Å². The Morgan fingerprint density at radius 3 is 2.00 bits per heavy atom. The van der Waals surface area contributed by atoms with E-state index in [2.05, 4.69) is 0 Å². The van der Waals surface area contributed by atoms with E-state index in [9.17, 15) is 23.7 Å². The van der Waals surface area contributed by atoms with E-state index >= 15 is 0 Å². The van der Waals surface area contributed by atoms with Gasteiger partial charge < -0.3 is 9.47 Å². The van der Waals surface area contributed by atoms with Crippen LogP contribution in [0, 0.1) is 34.0 Å². The van der Waals surface area contributed by atoms with Crippen LogP contribution in [0.1, 0.15) is 51.4 Å². The van der Waals surface area contributed by atoms with Gasteiger partial charge in [-0.05, 0) is 38.0 Å². The zero-order chi connectivity index (χ0) is 17.0. The molecule has 2 fully saturated rings. The molecule has 1 saturated carbocycles. The van der Waals surface area contributed by atoms with Crippen LogP contribution < -0.4 is 0 Å². The molecule has 0 bridgehead atoms. The number of rotatable bonds is 5. The molecule has 2 aliphatic rings. The summed E-state index contributed by atoms with van der Waals surface area (Å²) < 4.78 is 48.4. The van der Waals surface area contributed by atoms with E-state index < -0.39 is 30.2 Å². The minimum atomic E-state index is -4.34. The number of nitriles is 2. The zero-order valence-electron chi connectivity index (χ0n) is 13.0. The van der Waals surface area contributed by atoms with Crippen LogP contribution in [0.4, 0.5) is 13.2 Å². The quantitative estimate of drug-likeness (QED) is 0.762. The molecule has 128 valence electrons. The van der Waals surface area contributed by atoms with Gasteiger partial charge in [-0.3, -0.25) is 0 Å². The second-order valence-electron chi connectivity index (χ2n) is 6.51. The van der Waals surface area contributed by atoms with Crippen LogP contribution in [-0.2, 0) is 9.47 Å². The largest absolute Gasteiger partial charge is 0.389 e. The summed E-state index contributed by atoms with van der Waals surface area (Å²) in [4.78, 5) is 0. The summed E-state index contributed by atoms with van der Waals surface area (Å²) in [6.45, 7) is 1.21. The van der Waals surface area contributed by atoms with Gasteiger partial charge >= 0.3 is 6.18 Å². The van der Waals surface area contributed by atoms with Gasteiger partial charge in [0.05, 0.1) is 25.4 Å². The van der Waals surface area contributed by atoms with Gasteiger partial charge in [0.2, 0.25) is 0 Å². The predicted octanol–water partition coefficient (Wildman–Crippen LogP) is 4.08. The van der Waals surface area contributed by atoms with E-state index in [1.54, 1.807) is 0 Å². The van der Waals surface area contributed by atoms with E-state index in [-0.39, 0.29) is 6.42 Å². The molecule has 1 saturated heterocycles. The Balaban J connectivity index is 1.83. The van der Waals surface area contributed by atoms with Crippen LogP contribution in [0.3, 0.4) is 0 Å². The van der Waals surface area contributed by atoms with Crippen molar-refractivity contribution in [2.45, 2.75) is 63.3 Å². The summed E-state index contributed by atoms with van der Waals surface area (Å²) in [5, 5.41) is 18.4. The number of hydrogen-bond donors (Lipinski definition) is 0. The highest BCUT2D eigenvalue weighted by atomic mass is 19.4. The molecule has 0 aromatic heterocycles. The van der Waals surface area contributed by atoms with Crippen molar-refractivity contribution in [1.82, 2.24) is 0 Å². The molecule has 0 N–H and O–H groups in total. The van der Waals surface area contributed by atoms with Crippen molar-refractivity contribution < 1.29 is 22.6 Å². The highest BCUT2D eigenvalue weighted by Gasteiger charge is 2.41. The molecule has 1 heterocycles. The fraction of sp³-hybridized carbons (Fsp3) is 0.875. The number of ether oxygens (including phenoxy) is 2. The maximum absolute atomic E-state index is 12.4. The molecular formula is C16H21F3N2O2. The third kappa shape index (κ3) is 4.83. The summed E-state index contributed by atoms with van der Waals surface area (Å²) in [6, 6.07) is 3.63. The standard InChI is InChI=1S/C16H21F3N2O2/c17-16(18,19)8-7-14(11-20,12-21)4-1-13-2-5-15(6-3-13)22-9-10-23-15/h13H,1-10H2. The lowest BCUT2D eigenvalue weighted by Gasteiger charge is -2.36. The average molecular weight is 330 g/mol. The fourth-order valence-electron chi connectivity index (χ4n) is 3.37. The van der Waals surface area contributed by atoms with Crippen LogP contribution in [0.2, 0.25) is 0 Å². The summed E-state index contributed by atoms with van der Waals surface area (Å²) >= 11 is 0. The Bertz CT molecular complexity index is 463. The van der Waals surface area contributed by atoms with Gasteiger partial charge in [-0.1, -0.05) is 0 Å². The van der Waals surface area contributed by atoms with Crippen LogP contribution in [0.15, 0.2) is 0 Å². The van der Waals surface area contributed by atoms with E-state index in [1.165, 1.54) is 0 Å². The van der Waals surface area contributed by atoms with Gasteiger partial charge in [-0.2, -0.15) is 23.7 Å². The summed E-state index contributed by atoms with van der Waals surface area (Å²) in [5.41, 5.74) is -1.54. The Labute approximate surface area is 134 Å². The molecule has 0 radical (unpaired) electrons. The monoisotopic (exact) mass is 330 g/mol. The number of nitrogens with zero attached hydrogens (tertiary/aromatic N) is 2. The summed E-state index contributed by atoms with van der Waals surface area (Å²) in [6.07, 6.45) is -1.86. The van der Waals surface area contributed by atoms with Crippen LogP contribution in [-0.4, -0.2) is 25.2 Å². The highest BCUT2D eigenvalue weighted by molar-refractivity contribution is 5.13. The van der Waals surface area contributed by atoms with Gasteiger partial charge in [-0.15, -0.1) is 0 Å². The Kier molecular flexibility index (Phi) is 5.54. The molecule has 7 heteroatoms. The lowest BCUT2D eigenvalue weighted by Crippen LogP contribution is -2.35. The van der Waals surface area contributed by atoms with Gasteiger partial charge in [0.1, 0.15) is 5.41 Å². The Hall–Kier alpha value is -1.31. The van der Waals surface area contributed by atoms with Gasteiger partial charge in [0.25, 0.3) is 0 Å². The normalized spacial score (nSPS) is 22.0. The van der Waals surface area contributed by atoms with Crippen LogP contribution in [0.25, 0.3) is 0 Å². The van der Waals surface area contributed by atoms with Crippen molar-refractivity contribution >= 4 is 0 Å². The third-order valence-electron chi connectivity index (χ3n) is 4.92. The van der Waals surface area contributed by atoms with Gasteiger partial charge in [0, 0.05) is 19.3 Å². The molecular weight excluding hydrogens is 309 g/mol. The lowest BCUT2D eigenvalue weighted by atomic mass is 9.76. The van der Waals surface area contributed by atoms with Gasteiger partial charge in [0.15, 0.2) is 5.79 Å². The smallest absolute Gasteiger partial charge is 0.348 e. The first kappa shape index (κ1) is 18.0.